The highest BCUT2D eigenvalue weighted by atomic mass is 79.9. The average molecular weight is 375 g/mol. The van der Waals surface area contributed by atoms with Crippen molar-refractivity contribution >= 4 is 31.9 Å². The quantitative estimate of drug-likeness (QED) is 0.640. The number of nitrogens with two attached hydrogens (primary N) is 1. The molecule has 3 nitrogen and oxygen atoms in total. The fourth-order valence-electron chi connectivity index (χ4n) is 1.70. The van der Waals surface area contributed by atoms with Crippen LogP contribution in [0.5, 0.6) is 0 Å². The van der Waals surface area contributed by atoms with E-state index in [0.717, 1.165) is 10.0 Å². The molecule has 0 aliphatic carbocycles. The summed E-state index contributed by atoms with van der Waals surface area (Å²) in [7, 11) is 0. The molecule has 1 aromatic carbocycles. The first-order valence-corrected chi connectivity index (χ1v) is 6.72. The molecule has 0 spiro atoms. The van der Waals surface area contributed by atoms with Gasteiger partial charge in [0.05, 0.1) is 10.5 Å². The lowest BCUT2D eigenvalue weighted by Crippen LogP contribution is -2.29. The number of aromatic nitrogens is 1. The predicted octanol–water partition coefficient (Wildman–Crippen LogP) is 3.30. The highest BCUT2D eigenvalue weighted by Crippen LogP contribution is 2.28. The first-order valence-electron chi connectivity index (χ1n) is 5.14. The molecule has 3 N–H and O–H groups in total. The first kappa shape index (κ1) is 13.6. The zero-order valence-corrected chi connectivity index (χ0v) is 12.4. The second-order valence-corrected chi connectivity index (χ2v) is 5.45. The molecule has 1 aromatic heterocycles. The van der Waals surface area contributed by atoms with Gasteiger partial charge in [-0.05, 0) is 49.6 Å². The third kappa shape index (κ3) is 2.77. The van der Waals surface area contributed by atoms with Crippen molar-refractivity contribution < 1.29 is 4.39 Å². The zero-order valence-electron chi connectivity index (χ0n) is 9.20. The Bertz CT molecular complexity index is 563. The third-order valence-electron chi connectivity index (χ3n) is 2.52. The standard InChI is InChI=1S/C12H10Br2FN3/c13-8-4-7(5-17-6-8)12(18-16)9-2-1-3-10(14)11(9)15/h1-6,12,18H,16H2. The summed E-state index contributed by atoms with van der Waals surface area (Å²) in [4.78, 5) is 4.05. The fourth-order valence-corrected chi connectivity index (χ4v) is 2.46. The van der Waals surface area contributed by atoms with E-state index in [9.17, 15) is 4.39 Å². The maximum Gasteiger partial charge on any atom is 0.142 e. The van der Waals surface area contributed by atoms with Gasteiger partial charge >= 0.3 is 0 Å². The number of halogens is 3. The van der Waals surface area contributed by atoms with Crippen LogP contribution in [0.3, 0.4) is 0 Å². The molecule has 0 radical (unpaired) electrons. The topological polar surface area (TPSA) is 50.9 Å². The summed E-state index contributed by atoms with van der Waals surface area (Å²) in [6.07, 6.45) is 3.31. The van der Waals surface area contributed by atoms with Gasteiger partial charge in [0.1, 0.15) is 5.82 Å². The molecule has 94 valence electrons. The van der Waals surface area contributed by atoms with E-state index in [1.165, 1.54) is 0 Å². The lowest BCUT2D eigenvalue weighted by molar-refractivity contribution is 0.555. The van der Waals surface area contributed by atoms with Crippen LogP contribution in [-0.4, -0.2) is 4.98 Å². The second-order valence-electron chi connectivity index (χ2n) is 3.68. The van der Waals surface area contributed by atoms with Gasteiger partial charge in [0.15, 0.2) is 0 Å². The van der Waals surface area contributed by atoms with Crippen LogP contribution in [0.25, 0.3) is 0 Å². The highest BCUT2D eigenvalue weighted by molar-refractivity contribution is 9.10. The van der Waals surface area contributed by atoms with Gasteiger partial charge in [-0.3, -0.25) is 10.8 Å². The Morgan fingerprint density at radius 2 is 2.06 bits per heavy atom. The molecular formula is C12H10Br2FN3. The Labute approximate surface area is 121 Å². The Balaban J connectivity index is 2.49. The molecule has 0 bridgehead atoms. The Hall–Kier alpha value is -0.820. The molecule has 0 fully saturated rings. The predicted molar refractivity (Wildman–Crippen MR) is 75.2 cm³/mol. The summed E-state index contributed by atoms with van der Waals surface area (Å²) in [5.74, 6) is 5.20. The third-order valence-corrected chi connectivity index (χ3v) is 3.56. The SMILES string of the molecule is NNC(c1cncc(Br)c1)c1cccc(Br)c1F. The van der Waals surface area contributed by atoms with E-state index in [-0.39, 0.29) is 5.82 Å². The number of benzene rings is 1. The van der Waals surface area contributed by atoms with Gasteiger partial charge in [0, 0.05) is 22.4 Å². The van der Waals surface area contributed by atoms with Crippen molar-refractivity contribution in [3.8, 4) is 0 Å². The van der Waals surface area contributed by atoms with Crippen LogP contribution in [0.15, 0.2) is 45.6 Å². The minimum atomic E-state index is -0.451. The van der Waals surface area contributed by atoms with Gasteiger partial charge < -0.3 is 0 Å². The van der Waals surface area contributed by atoms with Gasteiger partial charge in [-0.15, -0.1) is 0 Å². The summed E-state index contributed by atoms with van der Waals surface area (Å²) < 4.78 is 15.3. The van der Waals surface area contributed by atoms with E-state index >= 15 is 0 Å². The van der Waals surface area contributed by atoms with Gasteiger partial charge in [-0.1, -0.05) is 12.1 Å². The van der Waals surface area contributed by atoms with Gasteiger partial charge in [-0.2, -0.15) is 0 Å². The summed E-state index contributed by atoms with van der Waals surface area (Å²) in [5.41, 5.74) is 3.85. The number of pyridine rings is 1. The first-order chi connectivity index (χ1) is 8.63. The number of hydrogen-bond donors (Lipinski definition) is 2. The Morgan fingerprint density at radius 1 is 1.28 bits per heavy atom. The van der Waals surface area contributed by atoms with Crippen molar-refractivity contribution in [1.82, 2.24) is 10.4 Å². The lowest BCUT2D eigenvalue weighted by atomic mass is 10.0. The number of hydrogen-bond acceptors (Lipinski definition) is 3. The highest BCUT2D eigenvalue weighted by Gasteiger charge is 2.18. The molecule has 0 aliphatic rings. The smallest absolute Gasteiger partial charge is 0.142 e. The van der Waals surface area contributed by atoms with E-state index in [2.05, 4.69) is 42.3 Å². The molecule has 6 heteroatoms. The molecule has 2 rings (SSSR count). The van der Waals surface area contributed by atoms with Crippen LogP contribution in [0.1, 0.15) is 17.2 Å². The molecule has 2 aromatic rings. The average Bonchev–Trinajstić information content (AvgIpc) is 2.35. The molecule has 1 unspecified atom stereocenters. The summed E-state index contributed by atoms with van der Waals surface area (Å²) in [6, 6.07) is 6.49. The number of nitrogens with zero attached hydrogens (tertiary/aromatic N) is 1. The van der Waals surface area contributed by atoms with E-state index in [1.807, 2.05) is 6.07 Å². The number of rotatable bonds is 3. The Kier molecular flexibility index (Phi) is 4.45. The van der Waals surface area contributed by atoms with Crippen molar-refractivity contribution in [1.29, 1.82) is 0 Å². The van der Waals surface area contributed by atoms with Crippen LogP contribution >= 0.6 is 31.9 Å². The lowest BCUT2D eigenvalue weighted by Gasteiger charge is -2.17. The maximum atomic E-state index is 14.1. The van der Waals surface area contributed by atoms with E-state index in [0.29, 0.717) is 10.0 Å². The van der Waals surface area contributed by atoms with Crippen LogP contribution in [0.2, 0.25) is 0 Å². The summed E-state index contributed by atoms with van der Waals surface area (Å²) in [6.45, 7) is 0. The van der Waals surface area contributed by atoms with E-state index in [1.54, 1.807) is 30.6 Å². The van der Waals surface area contributed by atoms with Crippen molar-refractivity contribution in [2.75, 3.05) is 0 Å². The van der Waals surface area contributed by atoms with Crippen LogP contribution in [0, 0.1) is 5.82 Å². The van der Waals surface area contributed by atoms with Gasteiger partial charge in [-0.25, -0.2) is 9.82 Å². The summed E-state index contributed by atoms with van der Waals surface area (Å²) in [5, 5.41) is 0. The fraction of sp³-hybridized carbons (Fsp3) is 0.0833. The molecular weight excluding hydrogens is 365 g/mol. The van der Waals surface area contributed by atoms with Crippen molar-refractivity contribution in [3.05, 3.63) is 62.5 Å². The van der Waals surface area contributed by atoms with Crippen molar-refractivity contribution in [3.63, 3.8) is 0 Å². The molecule has 0 saturated heterocycles. The van der Waals surface area contributed by atoms with Crippen molar-refractivity contribution in [2.45, 2.75) is 6.04 Å². The molecule has 0 aliphatic heterocycles. The van der Waals surface area contributed by atoms with Crippen LogP contribution in [-0.2, 0) is 0 Å². The molecule has 0 saturated carbocycles. The monoisotopic (exact) mass is 373 g/mol. The van der Waals surface area contributed by atoms with Crippen LogP contribution in [0.4, 0.5) is 4.39 Å². The largest absolute Gasteiger partial charge is 0.271 e. The number of nitrogens with one attached hydrogen (secondary N) is 1. The van der Waals surface area contributed by atoms with Gasteiger partial charge in [0.2, 0.25) is 0 Å². The molecule has 0 amide bonds. The summed E-state index contributed by atoms with van der Waals surface area (Å²) >= 11 is 6.49. The normalized spacial score (nSPS) is 12.4. The minimum Gasteiger partial charge on any atom is -0.271 e. The van der Waals surface area contributed by atoms with Crippen LogP contribution < -0.4 is 11.3 Å². The Morgan fingerprint density at radius 3 is 2.72 bits per heavy atom. The zero-order chi connectivity index (χ0) is 13.1. The number of hydrazine groups is 1. The molecule has 1 heterocycles. The molecule has 1 atom stereocenters. The second kappa shape index (κ2) is 5.88. The molecule has 18 heavy (non-hydrogen) atoms. The van der Waals surface area contributed by atoms with Crippen molar-refractivity contribution in [2.24, 2.45) is 5.84 Å². The minimum absolute atomic E-state index is 0.333. The van der Waals surface area contributed by atoms with E-state index < -0.39 is 6.04 Å². The van der Waals surface area contributed by atoms with E-state index in [4.69, 9.17) is 5.84 Å². The maximum absolute atomic E-state index is 14.1. The van der Waals surface area contributed by atoms with Gasteiger partial charge in [0.25, 0.3) is 0 Å².